The van der Waals surface area contributed by atoms with Gasteiger partial charge in [0.05, 0.1) is 56.3 Å². The van der Waals surface area contributed by atoms with Crippen molar-refractivity contribution in [1.29, 1.82) is 0 Å². The number of aromatic nitrogens is 6. The van der Waals surface area contributed by atoms with Crippen LogP contribution in [0.3, 0.4) is 0 Å². The Morgan fingerprint density at radius 3 is 1.42 bits per heavy atom. The molecule has 2 aromatic carbocycles. The summed E-state index contributed by atoms with van der Waals surface area (Å²) in [4.78, 5) is 28.3. The molecule has 6 heterocycles. The van der Waals surface area contributed by atoms with E-state index in [-0.39, 0.29) is 54.8 Å². The summed E-state index contributed by atoms with van der Waals surface area (Å²) in [7, 11) is 0. The van der Waals surface area contributed by atoms with Crippen molar-refractivity contribution in [3.05, 3.63) is 154 Å². The van der Waals surface area contributed by atoms with E-state index in [0.717, 1.165) is 30.3 Å². The third-order valence-electron chi connectivity index (χ3n) is 8.84. The number of anilines is 5. The van der Waals surface area contributed by atoms with Crippen LogP contribution >= 0.6 is 12.4 Å². The molecule has 0 aliphatic carbocycles. The van der Waals surface area contributed by atoms with Crippen LogP contribution in [0.2, 0.25) is 0 Å². The number of nitrogens with zero attached hydrogens (tertiary/aromatic N) is 7. The van der Waals surface area contributed by atoms with Gasteiger partial charge in [-0.25, -0.2) is 28.7 Å². The zero-order chi connectivity index (χ0) is 43.1. The molecule has 22 heteroatoms. The van der Waals surface area contributed by atoms with Crippen LogP contribution in [0.5, 0.6) is 0 Å². The van der Waals surface area contributed by atoms with Gasteiger partial charge in [-0.15, -0.1) is 12.4 Å². The normalized spacial score (nSPS) is 11.3. The van der Waals surface area contributed by atoms with Gasteiger partial charge in [0.2, 0.25) is 0 Å². The summed E-state index contributed by atoms with van der Waals surface area (Å²) in [6.45, 7) is 3.43. The molecule has 0 bridgehead atoms. The number of hydrogen-bond donors (Lipinski definition) is 3. The number of nitrogens with one attached hydrogen (secondary N) is 2. The van der Waals surface area contributed by atoms with E-state index in [0.29, 0.717) is 57.0 Å². The van der Waals surface area contributed by atoms with Crippen LogP contribution < -0.4 is 16.4 Å². The molecule has 0 aliphatic rings. The van der Waals surface area contributed by atoms with Gasteiger partial charge in [-0.05, 0) is 92.7 Å². The summed E-state index contributed by atoms with van der Waals surface area (Å²) < 4.78 is 107. The smallest absolute Gasteiger partial charge is 0.399 e. The number of halogens is 9. The molecular weight excluding hydrogens is 905 g/mol. The molecule has 0 atom stereocenters. The van der Waals surface area contributed by atoms with Gasteiger partial charge < -0.3 is 16.4 Å². The van der Waals surface area contributed by atoms with Gasteiger partial charge in [0, 0.05) is 61.1 Å². The fourth-order valence-electron chi connectivity index (χ4n) is 6.21. The molecule has 0 amide bonds. The maximum Gasteiger partial charge on any atom is 0.416 e. The van der Waals surface area contributed by atoms with Gasteiger partial charge in [-0.3, -0.25) is 18.9 Å². The van der Waals surface area contributed by atoms with Gasteiger partial charge in [-0.2, -0.15) is 26.3 Å². The van der Waals surface area contributed by atoms with Crippen LogP contribution in [0.25, 0.3) is 34.1 Å². The van der Waals surface area contributed by atoms with Gasteiger partial charge in [0.1, 0.15) is 34.6 Å². The van der Waals surface area contributed by atoms with E-state index < -0.39 is 40.0 Å². The van der Waals surface area contributed by atoms with Gasteiger partial charge in [-0.1, -0.05) is 0 Å². The molecule has 8 aromatic rings. The first kappa shape index (κ1) is 46.3. The third kappa shape index (κ3) is 10.2. The number of rotatable bonds is 7. The van der Waals surface area contributed by atoms with Crippen LogP contribution in [-0.2, 0) is 31.8 Å². The molecule has 4 N–H and O–H groups in total. The standard InChI is InChI=1S/C20H13F4N5O2.C20H15F4N5.ClH.Zn/c1-11-19(28-10-13(21)4-7-18(28)25-11)16-8-15(29(30)31)9-17(27-16)26-14-5-2-12(3-6-14)20(22,23)24;1-11-19(29-10-13(21)4-7-18(29)26-11)16-8-14(25)9-17(28-16)27-15-5-2-12(3-6-15)20(22,23)24;;/h2-10H,1H3,(H,26,27);2-10H,1H3,(H3,25,27,28);1H;. The van der Waals surface area contributed by atoms with Crippen molar-refractivity contribution in [2.24, 2.45) is 0 Å². The molecule has 12 nitrogen and oxygen atoms in total. The molecule has 0 fully saturated rings. The minimum Gasteiger partial charge on any atom is -0.399 e. The molecule has 0 saturated heterocycles. The van der Waals surface area contributed by atoms with E-state index in [4.69, 9.17) is 5.73 Å². The number of hydrogen-bond acceptors (Lipinski definition) is 9. The van der Waals surface area contributed by atoms with Crippen LogP contribution in [0.15, 0.2) is 109 Å². The average Bonchev–Trinajstić information content (AvgIpc) is 3.68. The molecule has 316 valence electrons. The van der Waals surface area contributed by atoms with E-state index in [1.54, 1.807) is 36.4 Å². The van der Waals surface area contributed by atoms with E-state index in [1.165, 1.54) is 65.3 Å². The summed E-state index contributed by atoms with van der Waals surface area (Å²) in [6, 6.07) is 19.9. The van der Waals surface area contributed by atoms with Crippen LogP contribution in [0, 0.1) is 35.6 Å². The molecule has 62 heavy (non-hydrogen) atoms. The van der Waals surface area contributed by atoms with Crippen LogP contribution in [-0.4, -0.2) is 33.7 Å². The molecule has 0 unspecified atom stereocenters. The number of benzene rings is 2. The SMILES string of the molecule is Cc1nc2ccc(F)cn2c1-c1cc(N)cc(Nc2ccc(C(F)(F)F)cc2)n1.Cc1nc2ccc(F)cn2c1-c1cc([N+](=O)[O-])cc(Nc2ccc(C(F)(F)F)cc2)n1.Cl.[Zn]. The number of alkyl halides is 6. The topological polar surface area (TPSA) is 154 Å². The van der Waals surface area contributed by atoms with E-state index >= 15 is 0 Å². The molecule has 0 saturated carbocycles. The molecule has 0 aliphatic heterocycles. The van der Waals surface area contributed by atoms with Crippen LogP contribution in [0.1, 0.15) is 22.5 Å². The number of nitrogen functional groups attached to an aromatic ring is 1. The first-order valence-electron chi connectivity index (χ1n) is 17.4. The minimum absolute atomic E-state index is 0. The van der Waals surface area contributed by atoms with Crippen molar-refractivity contribution in [3.8, 4) is 22.8 Å². The predicted molar refractivity (Wildman–Crippen MR) is 214 cm³/mol. The largest absolute Gasteiger partial charge is 0.416 e. The number of fused-ring (bicyclic) bond motifs is 2. The minimum atomic E-state index is -4.48. The van der Waals surface area contributed by atoms with Gasteiger partial charge >= 0.3 is 12.4 Å². The number of nitrogens with two attached hydrogens (primary N) is 1. The Labute approximate surface area is 364 Å². The van der Waals surface area contributed by atoms with E-state index in [1.807, 2.05) is 0 Å². The van der Waals surface area contributed by atoms with E-state index in [9.17, 15) is 45.2 Å². The summed E-state index contributed by atoms with van der Waals surface area (Å²) in [5.74, 6) is -0.580. The Bertz CT molecular complexity index is 2910. The van der Waals surface area contributed by atoms with Crippen molar-refractivity contribution >= 4 is 58.1 Å². The maximum absolute atomic E-state index is 13.8. The van der Waals surface area contributed by atoms with Crippen molar-refractivity contribution in [2.75, 3.05) is 16.4 Å². The summed E-state index contributed by atoms with van der Waals surface area (Å²) in [6.07, 6.45) is -6.39. The molecule has 8 rings (SSSR count). The summed E-state index contributed by atoms with van der Waals surface area (Å²) in [5, 5.41) is 17.1. The second-order valence-electron chi connectivity index (χ2n) is 13.2. The number of pyridine rings is 4. The van der Waals surface area contributed by atoms with E-state index in [2.05, 4.69) is 30.6 Å². The number of nitro groups is 1. The fraction of sp³-hybridized carbons (Fsp3) is 0.100. The average molecular weight is 935 g/mol. The Hall–Kier alpha value is -6.73. The predicted octanol–water partition coefficient (Wildman–Crippen LogP) is 11.1. The van der Waals surface area contributed by atoms with Crippen molar-refractivity contribution in [1.82, 2.24) is 28.7 Å². The van der Waals surface area contributed by atoms with Crippen molar-refractivity contribution in [3.63, 3.8) is 0 Å². The van der Waals surface area contributed by atoms with Gasteiger partial charge in [0.25, 0.3) is 5.69 Å². The quantitative estimate of drug-likeness (QED) is 0.0613. The molecular formula is C40H29ClF8N10O2Zn. The fourth-order valence-corrected chi connectivity index (χ4v) is 6.21. The Morgan fingerprint density at radius 1 is 0.613 bits per heavy atom. The third-order valence-corrected chi connectivity index (χ3v) is 8.84. The summed E-state index contributed by atoms with van der Waals surface area (Å²) >= 11 is 0. The Balaban J connectivity index is 0.000000227. The zero-order valence-electron chi connectivity index (χ0n) is 32.1. The molecule has 0 spiro atoms. The van der Waals surface area contributed by atoms with Gasteiger partial charge in [0.15, 0.2) is 0 Å². The Morgan fingerprint density at radius 2 is 1.02 bits per heavy atom. The zero-order valence-corrected chi connectivity index (χ0v) is 35.8. The first-order chi connectivity index (χ1) is 28.3. The number of aryl methyl sites for hydroxylation is 2. The second kappa shape index (κ2) is 18.1. The van der Waals surface area contributed by atoms with Crippen LogP contribution in [0.4, 0.5) is 69.5 Å². The summed E-state index contributed by atoms with van der Waals surface area (Å²) in [5.41, 5.74) is 8.81. The Kier molecular flexibility index (Phi) is 13.5. The maximum atomic E-state index is 13.8. The van der Waals surface area contributed by atoms with Crippen molar-refractivity contribution in [2.45, 2.75) is 26.2 Å². The molecule has 6 aromatic heterocycles. The monoisotopic (exact) mass is 932 g/mol. The first-order valence-corrected chi connectivity index (χ1v) is 17.4. The molecule has 0 radical (unpaired) electrons. The second-order valence-corrected chi connectivity index (χ2v) is 13.2. The van der Waals surface area contributed by atoms with Crippen molar-refractivity contribution < 1.29 is 59.5 Å². The number of imidazole rings is 2.